The standard InChI is InChI=1S/C16H22N4OS/c1-10-8-11(2)20(18-10)14-6-5-7-19(9-14)16(21)15-12(3)17-13(4)22-15/h8,14H,5-7,9H2,1-4H3/t14-/m0/s1. The third kappa shape index (κ3) is 2.79. The predicted octanol–water partition coefficient (Wildman–Crippen LogP) is 3.05. The number of carbonyl (C=O) groups excluding carboxylic acids is 1. The largest absolute Gasteiger partial charge is 0.336 e. The molecule has 0 aromatic carbocycles. The Kier molecular flexibility index (Phi) is 4.04. The van der Waals surface area contributed by atoms with E-state index in [-0.39, 0.29) is 11.9 Å². The van der Waals surface area contributed by atoms with E-state index < -0.39 is 0 Å². The van der Waals surface area contributed by atoms with Crippen LogP contribution in [0.5, 0.6) is 0 Å². The second-order valence-corrected chi connectivity index (χ2v) is 7.27. The minimum atomic E-state index is 0.120. The Morgan fingerprint density at radius 2 is 2.09 bits per heavy atom. The third-order valence-electron chi connectivity index (χ3n) is 4.17. The number of aromatic nitrogens is 3. The molecule has 6 heteroatoms. The van der Waals surface area contributed by atoms with E-state index in [4.69, 9.17) is 0 Å². The zero-order valence-electron chi connectivity index (χ0n) is 13.6. The molecular weight excluding hydrogens is 296 g/mol. The molecule has 3 heterocycles. The van der Waals surface area contributed by atoms with Crippen molar-refractivity contribution in [1.29, 1.82) is 0 Å². The normalized spacial score (nSPS) is 18.7. The Morgan fingerprint density at radius 1 is 1.32 bits per heavy atom. The number of thiazole rings is 1. The number of piperidine rings is 1. The number of amides is 1. The maximum atomic E-state index is 12.8. The maximum absolute atomic E-state index is 12.8. The zero-order chi connectivity index (χ0) is 15.9. The van der Waals surface area contributed by atoms with Gasteiger partial charge in [-0.1, -0.05) is 0 Å². The van der Waals surface area contributed by atoms with E-state index >= 15 is 0 Å². The van der Waals surface area contributed by atoms with Crippen LogP contribution in [0, 0.1) is 27.7 Å². The summed E-state index contributed by atoms with van der Waals surface area (Å²) >= 11 is 1.50. The van der Waals surface area contributed by atoms with Crippen LogP contribution in [0.25, 0.3) is 0 Å². The van der Waals surface area contributed by atoms with E-state index in [1.54, 1.807) is 0 Å². The quantitative estimate of drug-likeness (QED) is 0.855. The van der Waals surface area contributed by atoms with Gasteiger partial charge < -0.3 is 4.90 Å². The molecule has 5 nitrogen and oxygen atoms in total. The lowest BCUT2D eigenvalue weighted by Crippen LogP contribution is -2.41. The summed E-state index contributed by atoms with van der Waals surface area (Å²) in [6, 6.07) is 2.37. The minimum Gasteiger partial charge on any atom is -0.336 e. The molecule has 3 rings (SSSR count). The second kappa shape index (κ2) is 5.83. The van der Waals surface area contributed by atoms with Gasteiger partial charge in [0.1, 0.15) is 4.88 Å². The number of rotatable bonds is 2. The molecule has 0 spiro atoms. The van der Waals surface area contributed by atoms with Gasteiger partial charge in [0, 0.05) is 18.8 Å². The zero-order valence-corrected chi connectivity index (χ0v) is 14.4. The average Bonchev–Trinajstić information content (AvgIpc) is 2.99. The van der Waals surface area contributed by atoms with Crippen molar-refractivity contribution in [2.24, 2.45) is 0 Å². The van der Waals surface area contributed by atoms with Crippen LogP contribution in [0.15, 0.2) is 6.07 Å². The van der Waals surface area contributed by atoms with Gasteiger partial charge in [0.15, 0.2) is 0 Å². The number of hydrogen-bond acceptors (Lipinski definition) is 4. The van der Waals surface area contributed by atoms with Crippen molar-refractivity contribution < 1.29 is 4.79 Å². The molecule has 1 aliphatic rings. The lowest BCUT2D eigenvalue weighted by molar-refractivity contribution is 0.0675. The molecule has 1 saturated heterocycles. The molecule has 0 unspecified atom stereocenters. The maximum Gasteiger partial charge on any atom is 0.265 e. The lowest BCUT2D eigenvalue weighted by Gasteiger charge is -2.33. The topological polar surface area (TPSA) is 51.0 Å². The van der Waals surface area contributed by atoms with Crippen molar-refractivity contribution >= 4 is 17.2 Å². The molecule has 2 aromatic rings. The number of likely N-dealkylation sites (tertiary alicyclic amines) is 1. The van der Waals surface area contributed by atoms with Crippen LogP contribution >= 0.6 is 11.3 Å². The van der Waals surface area contributed by atoms with E-state index in [1.165, 1.54) is 17.0 Å². The fourth-order valence-electron chi connectivity index (χ4n) is 3.23. The number of hydrogen-bond donors (Lipinski definition) is 0. The Labute approximate surface area is 135 Å². The number of nitrogens with zero attached hydrogens (tertiary/aromatic N) is 4. The van der Waals surface area contributed by atoms with E-state index in [9.17, 15) is 4.79 Å². The van der Waals surface area contributed by atoms with E-state index in [1.807, 2.05) is 25.7 Å². The van der Waals surface area contributed by atoms with E-state index in [0.29, 0.717) is 0 Å². The Morgan fingerprint density at radius 3 is 2.68 bits per heavy atom. The highest BCUT2D eigenvalue weighted by molar-refractivity contribution is 7.13. The average molecular weight is 318 g/mol. The van der Waals surface area contributed by atoms with Crippen LogP contribution in [-0.2, 0) is 0 Å². The monoisotopic (exact) mass is 318 g/mol. The highest BCUT2D eigenvalue weighted by Crippen LogP contribution is 2.26. The Balaban J connectivity index is 1.80. The van der Waals surface area contributed by atoms with Crippen molar-refractivity contribution in [2.45, 2.75) is 46.6 Å². The van der Waals surface area contributed by atoms with Crippen LogP contribution < -0.4 is 0 Å². The van der Waals surface area contributed by atoms with E-state index in [2.05, 4.69) is 27.8 Å². The summed E-state index contributed by atoms with van der Waals surface area (Å²) in [5.74, 6) is 0.120. The van der Waals surface area contributed by atoms with E-state index in [0.717, 1.165) is 47.2 Å². The van der Waals surface area contributed by atoms with Gasteiger partial charge in [-0.05, 0) is 46.6 Å². The summed E-state index contributed by atoms with van der Waals surface area (Å²) in [5, 5.41) is 5.54. The van der Waals surface area contributed by atoms with Gasteiger partial charge in [-0.25, -0.2) is 4.98 Å². The fourth-order valence-corrected chi connectivity index (χ4v) is 4.12. The molecule has 22 heavy (non-hydrogen) atoms. The van der Waals surface area contributed by atoms with Crippen molar-refractivity contribution in [3.8, 4) is 0 Å². The van der Waals surface area contributed by atoms with Crippen LogP contribution in [0.1, 0.15) is 50.6 Å². The first-order chi connectivity index (χ1) is 10.5. The molecule has 1 fully saturated rings. The van der Waals surface area contributed by atoms with Crippen LogP contribution in [0.2, 0.25) is 0 Å². The molecule has 0 radical (unpaired) electrons. The lowest BCUT2D eigenvalue weighted by atomic mass is 10.1. The van der Waals surface area contributed by atoms with Gasteiger partial charge in [0.05, 0.1) is 22.4 Å². The summed E-state index contributed by atoms with van der Waals surface area (Å²) in [4.78, 5) is 19.9. The highest BCUT2D eigenvalue weighted by atomic mass is 32.1. The molecule has 118 valence electrons. The van der Waals surface area contributed by atoms with Crippen LogP contribution in [0.4, 0.5) is 0 Å². The molecule has 0 bridgehead atoms. The number of aryl methyl sites for hydroxylation is 4. The first kappa shape index (κ1) is 15.2. The second-order valence-electron chi connectivity index (χ2n) is 6.07. The van der Waals surface area contributed by atoms with Gasteiger partial charge >= 0.3 is 0 Å². The first-order valence-corrected chi connectivity index (χ1v) is 8.53. The highest BCUT2D eigenvalue weighted by Gasteiger charge is 2.28. The molecule has 0 saturated carbocycles. The summed E-state index contributed by atoms with van der Waals surface area (Å²) in [6.07, 6.45) is 2.10. The van der Waals surface area contributed by atoms with Crippen molar-refractivity contribution in [1.82, 2.24) is 19.7 Å². The Hall–Kier alpha value is -1.69. The SMILES string of the molecule is Cc1cc(C)n([C@H]2CCCN(C(=O)c3sc(C)nc3C)C2)n1. The van der Waals surface area contributed by atoms with Crippen molar-refractivity contribution in [2.75, 3.05) is 13.1 Å². The van der Waals surface area contributed by atoms with Crippen molar-refractivity contribution in [3.63, 3.8) is 0 Å². The summed E-state index contributed by atoms with van der Waals surface area (Å²) in [7, 11) is 0. The molecule has 0 N–H and O–H groups in total. The van der Waals surface area contributed by atoms with Gasteiger partial charge in [0.25, 0.3) is 5.91 Å². The smallest absolute Gasteiger partial charge is 0.265 e. The molecule has 2 aromatic heterocycles. The third-order valence-corrected chi connectivity index (χ3v) is 5.23. The molecular formula is C16H22N4OS. The number of carbonyl (C=O) groups is 1. The van der Waals surface area contributed by atoms with Gasteiger partial charge in [-0.15, -0.1) is 11.3 Å². The predicted molar refractivity (Wildman–Crippen MR) is 87.5 cm³/mol. The fraction of sp³-hybridized carbons (Fsp3) is 0.562. The molecule has 1 atom stereocenters. The summed E-state index contributed by atoms with van der Waals surface area (Å²) in [6.45, 7) is 9.51. The molecule has 1 amide bonds. The van der Waals surface area contributed by atoms with Gasteiger partial charge in [0.2, 0.25) is 0 Å². The van der Waals surface area contributed by atoms with Crippen LogP contribution in [-0.4, -0.2) is 38.7 Å². The first-order valence-electron chi connectivity index (χ1n) is 7.71. The minimum absolute atomic E-state index is 0.120. The van der Waals surface area contributed by atoms with Crippen LogP contribution in [0.3, 0.4) is 0 Å². The summed E-state index contributed by atoms with van der Waals surface area (Å²) in [5.41, 5.74) is 3.05. The molecule has 1 aliphatic heterocycles. The van der Waals surface area contributed by atoms with Crippen molar-refractivity contribution in [3.05, 3.63) is 33.0 Å². The Bertz CT molecular complexity index is 703. The van der Waals surface area contributed by atoms with Gasteiger partial charge in [-0.2, -0.15) is 5.10 Å². The van der Waals surface area contributed by atoms with Gasteiger partial charge in [-0.3, -0.25) is 9.48 Å². The molecule has 0 aliphatic carbocycles. The summed E-state index contributed by atoms with van der Waals surface area (Å²) < 4.78 is 2.08.